The SMILES string of the molecule is CC(N)CCc1sccc1C(F)(F)F. The van der Waals surface area contributed by atoms with Crippen LogP contribution in [-0.2, 0) is 12.6 Å². The molecule has 1 atom stereocenters. The van der Waals surface area contributed by atoms with E-state index >= 15 is 0 Å². The summed E-state index contributed by atoms with van der Waals surface area (Å²) in [5.41, 5.74) is 4.98. The molecular weight excluding hydrogens is 211 g/mol. The lowest BCUT2D eigenvalue weighted by Gasteiger charge is -2.08. The normalized spacial score (nSPS) is 14.4. The predicted octanol–water partition coefficient (Wildman–Crippen LogP) is 3.05. The molecule has 0 aliphatic carbocycles. The topological polar surface area (TPSA) is 26.0 Å². The van der Waals surface area contributed by atoms with Crippen molar-refractivity contribution in [3.05, 3.63) is 21.9 Å². The summed E-state index contributed by atoms with van der Waals surface area (Å²) in [4.78, 5) is 0.384. The Bertz CT molecular complexity index is 290. The number of nitrogens with two attached hydrogens (primary N) is 1. The maximum atomic E-state index is 12.4. The average molecular weight is 223 g/mol. The second-order valence-corrected chi connectivity index (χ2v) is 4.27. The summed E-state index contributed by atoms with van der Waals surface area (Å²) >= 11 is 1.14. The Labute approximate surface area is 84.7 Å². The van der Waals surface area contributed by atoms with E-state index in [1.165, 1.54) is 5.38 Å². The Kier molecular flexibility index (Phi) is 3.55. The smallest absolute Gasteiger partial charge is 0.328 e. The van der Waals surface area contributed by atoms with Gasteiger partial charge in [0.15, 0.2) is 0 Å². The van der Waals surface area contributed by atoms with E-state index in [9.17, 15) is 13.2 Å². The van der Waals surface area contributed by atoms with E-state index in [1.807, 2.05) is 0 Å². The van der Waals surface area contributed by atoms with Crippen molar-refractivity contribution in [2.75, 3.05) is 0 Å². The highest BCUT2D eigenvalue weighted by molar-refractivity contribution is 7.10. The molecule has 1 aromatic rings. The fraction of sp³-hybridized carbons (Fsp3) is 0.556. The molecule has 0 bridgehead atoms. The second-order valence-electron chi connectivity index (χ2n) is 3.27. The highest BCUT2D eigenvalue weighted by Gasteiger charge is 2.33. The van der Waals surface area contributed by atoms with Crippen LogP contribution in [0.5, 0.6) is 0 Å². The molecule has 1 rings (SSSR count). The van der Waals surface area contributed by atoms with E-state index < -0.39 is 11.7 Å². The highest BCUT2D eigenvalue weighted by Crippen LogP contribution is 2.35. The van der Waals surface area contributed by atoms with Crippen LogP contribution in [0.3, 0.4) is 0 Å². The molecule has 0 aliphatic rings. The van der Waals surface area contributed by atoms with E-state index in [1.54, 1.807) is 6.92 Å². The van der Waals surface area contributed by atoms with Gasteiger partial charge in [0.2, 0.25) is 0 Å². The van der Waals surface area contributed by atoms with E-state index in [4.69, 9.17) is 5.73 Å². The minimum absolute atomic E-state index is 0.0572. The van der Waals surface area contributed by atoms with Crippen LogP contribution < -0.4 is 5.73 Å². The lowest BCUT2D eigenvalue weighted by atomic mass is 10.1. The highest BCUT2D eigenvalue weighted by atomic mass is 32.1. The van der Waals surface area contributed by atoms with Crippen LogP contribution in [0.1, 0.15) is 23.8 Å². The zero-order valence-electron chi connectivity index (χ0n) is 7.77. The maximum absolute atomic E-state index is 12.4. The van der Waals surface area contributed by atoms with Gasteiger partial charge in [-0.15, -0.1) is 11.3 Å². The van der Waals surface area contributed by atoms with Crippen LogP contribution in [0.2, 0.25) is 0 Å². The van der Waals surface area contributed by atoms with Gasteiger partial charge in [-0.1, -0.05) is 0 Å². The third kappa shape index (κ3) is 2.99. The predicted molar refractivity (Wildman–Crippen MR) is 51.3 cm³/mol. The van der Waals surface area contributed by atoms with E-state index in [2.05, 4.69) is 0 Å². The molecule has 5 heteroatoms. The number of rotatable bonds is 3. The second kappa shape index (κ2) is 4.31. The van der Waals surface area contributed by atoms with Crippen molar-refractivity contribution < 1.29 is 13.2 Å². The van der Waals surface area contributed by atoms with Crippen molar-refractivity contribution in [2.45, 2.75) is 32.0 Å². The minimum atomic E-state index is -4.23. The molecule has 1 unspecified atom stereocenters. The van der Waals surface area contributed by atoms with Crippen LogP contribution in [0.15, 0.2) is 11.4 Å². The molecule has 0 radical (unpaired) electrons. The van der Waals surface area contributed by atoms with Gasteiger partial charge in [0, 0.05) is 10.9 Å². The van der Waals surface area contributed by atoms with Crippen molar-refractivity contribution in [2.24, 2.45) is 5.73 Å². The zero-order chi connectivity index (χ0) is 10.8. The molecule has 80 valence electrons. The van der Waals surface area contributed by atoms with E-state index in [0.717, 1.165) is 17.4 Å². The minimum Gasteiger partial charge on any atom is -0.328 e. The number of alkyl halides is 3. The molecule has 2 N–H and O–H groups in total. The van der Waals surface area contributed by atoms with Crippen LogP contribution in [0.25, 0.3) is 0 Å². The van der Waals surface area contributed by atoms with Crippen molar-refractivity contribution >= 4 is 11.3 Å². The lowest BCUT2D eigenvalue weighted by Crippen LogP contribution is -2.16. The third-order valence-electron chi connectivity index (χ3n) is 1.88. The van der Waals surface area contributed by atoms with Crippen molar-refractivity contribution in [3.8, 4) is 0 Å². The molecule has 1 heterocycles. The summed E-state index contributed by atoms with van der Waals surface area (Å²) < 4.78 is 37.1. The molecule has 0 amide bonds. The van der Waals surface area contributed by atoms with Gasteiger partial charge >= 0.3 is 6.18 Å². The molecule has 0 saturated carbocycles. The maximum Gasteiger partial charge on any atom is 0.417 e. The molecule has 1 aromatic heterocycles. The van der Waals surface area contributed by atoms with E-state index in [-0.39, 0.29) is 6.04 Å². The fourth-order valence-electron chi connectivity index (χ4n) is 1.15. The van der Waals surface area contributed by atoms with Gasteiger partial charge in [-0.2, -0.15) is 13.2 Å². The quantitative estimate of drug-likeness (QED) is 0.837. The summed E-state index contributed by atoms with van der Waals surface area (Å²) in [5.74, 6) is 0. The van der Waals surface area contributed by atoms with Crippen LogP contribution in [0, 0.1) is 0 Å². The summed E-state index contributed by atoms with van der Waals surface area (Å²) in [5, 5.41) is 1.47. The standard InChI is InChI=1S/C9H12F3NS/c1-6(13)2-3-8-7(4-5-14-8)9(10,11)12/h4-6H,2-3,13H2,1H3. The van der Waals surface area contributed by atoms with Gasteiger partial charge in [-0.25, -0.2) is 0 Å². The molecule has 0 spiro atoms. The first-order chi connectivity index (χ1) is 6.41. The first-order valence-electron chi connectivity index (χ1n) is 4.30. The number of thiophene rings is 1. The van der Waals surface area contributed by atoms with Gasteiger partial charge in [0.1, 0.15) is 0 Å². The molecular formula is C9H12F3NS. The fourth-order valence-corrected chi connectivity index (χ4v) is 2.06. The Balaban J connectivity index is 2.73. The third-order valence-corrected chi connectivity index (χ3v) is 2.86. The average Bonchev–Trinajstić information content (AvgIpc) is 2.46. The number of halogens is 3. The Morgan fingerprint density at radius 1 is 1.50 bits per heavy atom. The van der Waals surface area contributed by atoms with Crippen LogP contribution in [-0.4, -0.2) is 6.04 Å². The van der Waals surface area contributed by atoms with Gasteiger partial charge in [-0.3, -0.25) is 0 Å². The van der Waals surface area contributed by atoms with Gasteiger partial charge in [0.05, 0.1) is 5.56 Å². The molecule has 14 heavy (non-hydrogen) atoms. The molecule has 0 saturated heterocycles. The van der Waals surface area contributed by atoms with Crippen molar-refractivity contribution in [1.29, 1.82) is 0 Å². The van der Waals surface area contributed by atoms with Gasteiger partial charge in [-0.05, 0) is 31.2 Å². The molecule has 1 nitrogen and oxygen atoms in total. The summed E-state index contributed by atoms with van der Waals surface area (Å²) in [6.45, 7) is 1.79. The molecule has 0 aromatic carbocycles. The zero-order valence-corrected chi connectivity index (χ0v) is 8.58. The van der Waals surface area contributed by atoms with Crippen LogP contribution >= 0.6 is 11.3 Å². The van der Waals surface area contributed by atoms with Gasteiger partial charge < -0.3 is 5.73 Å². The lowest BCUT2D eigenvalue weighted by molar-refractivity contribution is -0.137. The van der Waals surface area contributed by atoms with Crippen molar-refractivity contribution in [3.63, 3.8) is 0 Å². The number of hydrogen-bond donors (Lipinski definition) is 1. The van der Waals surface area contributed by atoms with Crippen molar-refractivity contribution in [1.82, 2.24) is 0 Å². The Morgan fingerprint density at radius 3 is 2.64 bits per heavy atom. The summed E-state index contributed by atoms with van der Waals surface area (Å²) in [7, 11) is 0. The van der Waals surface area contributed by atoms with E-state index in [0.29, 0.717) is 17.7 Å². The first kappa shape index (κ1) is 11.5. The van der Waals surface area contributed by atoms with Gasteiger partial charge in [0.25, 0.3) is 0 Å². The van der Waals surface area contributed by atoms with Crippen LogP contribution in [0.4, 0.5) is 13.2 Å². The number of hydrogen-bond acceptors (Lipinski definition) is 2. The summed E-state index contributed by atoms with van der Waals surface area (Å²) in [6, 6.07) is 1.07. The largest absolute Gasteiger partial charge is 0.417 e. The first-order valence-corrected chi connectivity index (χ1v) is 5.18. The molecule has 0 aliphatic heterocycles. The molecule has 0 fully saturated rings. The monoisotopic (exact) mass is 223 g/mol. The Hall–Kier alpha value is -0.550. The summed E-state index contributed by atoms with van der Waals surface area (Å²) in [6.07, 6.45) is -3.24. The number of aryl methyl sites for hydroxylation is 1. The Morgan fingerprint density at radius 2 is 2.14 bits per heavy atom.